The highest BCUT2D eigenvalue weighted by atomic mass is 32.1. The van der Waals surface area contributed by atoms with Crippen LogP contribution in [0, 0.1) is 6.92 Å². The van der Waals surface area contributed by atoms with Crippen LogP contribution in [0.25, 0.3) is 0 Å². The molecule has 24 heavy (non-hydrogen) atoms. The van der Waals surface area contributed by atoms with E-state index in [-0.39, 0.29) is 11.8 Å². The van der Waals surface area contributed by atoms with Crippen molar-refractivity contribution in [2.24, 2.45) is 0 Å². The largest absolute Gasteiger partial charge is 0.362 e. The van der Waals surface area contributed by atoms with Gasteiger partial charge in [-0.05, 0) is 30.0 Å². The minimum absolute atomic E-state index is 0.0279. The summed E-state index contributed by atoms with van der Waals surface area (Å²) in [7, 11) is 0. The molecule has 2 aliphatic rings. The van der Waals surface area contributed by atoms with Crippen molar-refractivity contribution in [3.63, 3.8) is 0 Å². The molecule has 2 amide bonds. The molecule has 124 valence electrons. The number of carbonyl (C=O) groups is 2. The van der Waals surface area contributed by atoms with Crippen LogP contribution in [0.15, 0.2) is 35.7 Å². The number of benzene rings is 1. The molecule has 1 aromatic carbocycles. The molecule has 0 atom stereocenters. The molecule has 1 fully saturated rings. The molecule has 1 spiro atoms. The Bertz CT molecular complexity index is 793. The Hall–Kier alpha value is -2.34. The van der Waals surface area contributed by atoms with Crippen molar-refractivity contribution in [1.29, 1.82) is 0 Å². The molecule has 0 unspecified atom stereocenters. The maximum Gasteiger partial charge on any atom is 0.263 e. The maximum atomic E-state index is 12.6. The van der Waals surface area contributed by atoms with Crippen LogP contribution in [-0.2, 0) is 0 Å². The fraction of sp³-hybridized carbons (Fsp3) is 0.333. The number of hydrogen-bond donors (Lipinski definition) is 2. The van der Waals surface area contributed by atoms with Crippen molar-refractivity contribution >= 4 is 28.8 Å². The first-order valence-electron chi connectivity index (χ1n) is 8.11. The summed E-state index contributed by atoms with van der Waals surface area (Å²) in [6.07, 6.45) is 1.40. The van der Waals surface area contributed by atoms with E-state index < -0.39 is 5.66 Å². The molecule has 1 saturated heterocycles. The summed E-state index contributed by atoms with van der Waals surface area (Å²) in [6.45, 7) is 3.21. The normalized spacial score (nSPS) is 18.7. The lowest BCUT2D eigenvalue weighted by molar-refractivity contribution is 0.0644. The number of aryl methyl sites for hydroxylation is 1. The number of piperidine rings is 1. The van der Waals surface area contributed by atoms with Gasteiger partial charge in [-0.3, -0.25) is 9.59 Å². The predicted octanol–water partition coefficient (Wildman–Crippen LogP) is 2.84. The Morgan fingerprint density at radius 2 is 1.96 bits per heavy atom. The highest BCUT2D eigenvalue weighted by Crippen LogP contribution is 2.33. The van der Waals surface area contributed by atoms with Gasteiger partial charge < -0.3 is 15.5 Å². The molecule has 2 aromatic rings. The van der Waals surface area contributed by atoms with E-state index >= 15 is 0 Å². The van der Waals surface area contributed by atoms with Crippen LogP contribution in [0.1, 0.15) is 38.4 Å². The lowest BCUT2D eigenvalue weighted by Crippen LogP contribution is -2.62. The Morgan fingerprint density at radius 3 is 2.67 bits per heavy atom. The zero-order chi connectivity index (χ0) is 16.7. The number of amides is 2. The van der Waals surface area contributed by atoms with Gasteiger partial charge in [0.25, 0.3) is 11.8 Å². The molecule has 2 aliphatic heterocycles. The second-order valence-corrected chi connectivity index (χ2v) is 7.38. The quantitative estimate of drug-likeness (QED) is 0.838. The van der Waals surface area contributed by atoms with Gasteiger partial charge in [-0.15, -0.1) is 11.3 Å². The first-order valence-corrected chi connectivity index (χ1v) is 8.99. The molecular formula is C18H19N3O2S. The average molecular weight is 341 g/mol. The first-order chi connectivity index (χ1) is 11.6. The summed E-state index contributed by atoms with van der Waals surface area (Å²) >= 11 is 1.47. The number of anilines is 1. The van der Waals surface area contributed by atoms with Gasteiger partial charge in [0.15, 0.2) is 0 Å². The van der Waals surface area contributed by atoms with Crippen LogP contribution in [0.5, 0.6) is 0 Å². The number of likely N-dealkylation sites (tertiary alicyclic amines) is 1. The van der Waals surface area contributed by atoms with Gasteiger partial charge in [0.05, 0.1) is 10.4 Å². The summed E-state index contributed by atoms with van der Waals surface area (Å²) < 4.78 is 0. The number of carbonyl (C=O) groups excluding carboxylic acids is 2. The molecule has 0 bridgehead atoms. The molecule has 0 radical (unpaired) electrons. The third-order valence-corrected chi connectivity index (χ3v) is 5.72. The lowest BCUT2D eigenvalue weighted by Gasteiger charge is -2.46. The number of rotatable bonds is 1. The van der Waals surface area contributed by atoms with Gasteiger partial charge in [-0.25, -0.2) is 0 Å². The van der Waals surface area contributed by atoms with E-state index in [4.69, 9.17) is 0 Å². The van der Waals surface area contributed by atoms with E-state index in [0.29, 0.717) is 25.9 Å². The van der Waals surface area contributed by atoms with Crippen molar-refractivity contribution in [1.82, 2.24) is 10.2 Å². The summed E-state index contributed by atoms with van der Waals surface area (Å²) in [5, 5.41) is 8.57. The predicted molar refractivity (Wildman–Crippen MR) is 94.5 cm³/mol. The highest BCUT2D eigenvalue weighted by Gasteiger charge is 2.41. The van der Waals surface area contributed by atoms with Crippen LogP contribution >= 0.6 is 11.3 Å². The van der Waals surface area contributed by atoms with E-state index in [9.17, 15) is 9.59 Å². The van der Waals surface area contributed by atoms with Crippen LogP contribution in [0.3, 0.4) is 0 Å². The number of thiophene rings is 1. The van der Waals surface area contributed by atoms with Gasteiger partial charge in [-0.1, -0.05) is 18.2 Å². The minimum Gasteiger partial charge on any atom is -0.362 e. The third kappa shape index (κ3) is 2.47. The molecule has 5 nitrogen and oxygen atoms in total. The maximum absolute atomic E-state index is 12.6. The number of hydrogen-bond acceptors (Lipinski definition) is 4. The van der Waals surface area contributed by atoms with Gasteiger partial charge in [-0.2, -0.15) is 0 Å². The second-order valence-electron chi connectivity index (χ2n) is 6.43. The van der Waals surface area contributed by atoms with Crippen molar-refractivity contribution in [2.75, 3.05) is 18.4 Å². The van der Waals surface area contributed by atoms with Crippen molar-refractivity contribution in [3.05, 3.63) is 51.7 Å². The van der Waals surface area contributed by atoms with E-state index in [1.165, 1.54) is 11.3 Å². The molecule has 0 saturated carbocycles. The van der Waals surface area contributed by atoms with Gasteiger partial charge in [0, 0.05) is 31.6 Å². The van der Waals surface area contributed by atoms with E-state index in [1.807, 2.05) is 47.5 Å². The molecule has 3 heterocycles. The molecular weight excluding hydrogens is 322 g/mol. The number of fused-ring (bicyclic) bond motifs is 1. The minimum atomic E-state index is -0.454. The summed E-state index contributed by atoms with van der Waals surface area (Å²) in [5.74, 6) is 0.0538. The van der Waals surface area contributed by atoms with Crippen LogP contribution < -0.4 is 10.6 Å². The molecule has 6 heteroatoms. The monoisotopic (exact) mass is 341 g/mol. The third-order valence-electron chi connectivity index (χ3n) is 4.86. The summed E-state index contributed by atoms with van der Waals surface area (Å²) in [4.78, 5) is 27.7. The molecule has 2 N–H and O–H groups in total. The van der Waals surface area contributed by atoms with E-state index in [1.54, 1.807) is 0 Å². The average Bonchev–Trinajstić information content (AvgIpc) is 3.09. The molecule has 1 aromatic heterocycles. The standard InChI is InChI=1S/C18H19N3O2S/c1-12-4-2-5-13-15(12)16(22)20-18(19-13)7-9-21(10-8-18)17(23)14-6-3-11-24-14/h2-6,11,19H,7-10H2,1H3,(H,20,22). The van der Waals surface area contributed by atoms with Crippen molar-refractivity contribution < 1.29 is 9.59 Å². The Labute approximate surface area is 144 Å². The van der Waals surface area contributed by atoms with Crippen molar-refractivity contribution in [2.45, 2.75) is 25.4 Å². The van der Waals surface area contributed by atoms with E-state index in [0.717, 1.165) is 21.7 Å². The van der Waals surface area contributed by atoms with Crippen LogP contribution in [0.4, 0.5) is 5.69 Å². The highest BCUT2D eigenvalue weighted by molar-refractivity contribution is 7.12. The summed E-state index contributed by atoms with van der Waals surface area (Å²) in [6, 6.07) is 9.61. The summed E-state index contributed by atoms with van der Waals surface area (Å²) in [5.41, 5.74) is 2.12. The Balaban J connectivity index is 1.51. The fourth-order valence-electron chi connectivity index (χ4n) is 3.54. The van der Waals surface area contributed by atoms with Crippen LogP contribution in [0.2, 0.25) is 0 Å². The first kappa shape index (κ1) is 15.2. The van der Waals surface area contributed by atoms with Gasteiger partial charge in [0.2, 0.25) is 0 Å². The number of nitrogens with zero attached hydrogens (tertiary/aromatic N) is 1. The fourth-order valence-corrected chi connectivity index (χ4v) is 4.23. The van der Waals surface area contributed by atoms with Crippen LogP contribution in [-0.4, -0.2) is 35.5 Å². The SMILES string of the molecule is Cc1cccc2c1C(=O)NC1(CCN(C(=O)c3cccs3)CC1)N2. The molecule has 4 rings (SSSR count). The topological polar surface area (TPSA) is 61.4 Å². The van der Waals surface area contributed by atoms with Gasteiger partial charge >= 0.3 is 0 Å². The van der Waals surface area contributed by atoms with E-state index in [2.05, 4.69) is 10.6 Å². The lowest BCUT2D eigenvalue weighted by atomic mass is 9.91. The number of nitrogens with one attached hydrogen (secondary N) is 2. The Kier molecular flexibility index (Phi) is 3.57. The zero-order valence-corrected chi connectivity index (χ0v) is 14.3. The second kappa shape index (κ2) is 5.63. The smallest absolute Gasteiger partial charge is 0.263 e. The van der Waals surface area contributed by atoms with Crippen molar-refractivity contribution in [3.8, 4) is 0 Å². The zero-order valence-electron chi connectivity index (χ0n) is 13.5. The van der Waals surface area contributed by atoms with Gasteiger partial charge in [0.1, 0.15) is 5.66 Å². The Morgan fingerprint density at radius 1 is 1.17 bits per heavy atom. The molecule has 0 aliphatic carbocycles.